The number of benzene rings is 1. The predicted octanol–water partition coefficient (Wildman–Crippen LogP) is 3.85. The van der Waals surface area contributed by atoms with E-state index < -0.39 is 0 Å². The lowest BCUT2D eigenvalue weighted by Gasteiger charge is -2.34. The van der Waals surface area contributed by atoms with E-state index in [1.807, 2.05) is 22.8 Å². The number of amides is 1. The molecular formula is C20H26ClN3O2. The maximum Gasteiger partial charge on any atom is 0.269 e. The molecule has 0 bridgehead atoms. The van der Waals surface area contributed by atoms with E-state index in [0.29, 0.717) is 23.3 Å². The molecule has 2 aromatic rings. The van der Waals surface area contributed by atoms with E-state index in [-0.39, 0.29) is 18.1 Å². The van der Waals surface area contributed by atoms with Crippen LogP contribution in [0.25, 0.3) is 10.9 Å². The molecule has 1 amide bonds. The van der Waals surface area contributed by atoms with E-state index in [1.165, 1.54) is 0 Å². The molecule has 1 N–H and O–H groups in total. The minimum absolute atomic E-state index is 0.104. The largest absolute Gasteiger partial charge is 0.490 e. The number of aromatic nitrogens is 1. The van der Waals surface area contributed by atoms with E-state index in [9.17, 15) is 4.79 Å². The van der Waals surface area contributed by atoms with Gasteiger partial charge < -0.3 is 19.5 Å². The Balaban J connectivity index is 1.59. The molecule has 0 spiro atoms. The quantitative estimate of drug-likeness (QED) is 0.886. The van der Waals surface area contributed by atoms with Gasteiger partial charge >= 0.3 is 0 Å². The molecule has 140 valence electrons. The molecule has 2 aliphatic rings. The normalized spacial score (nSPS) is 21.9. The van der Waals surface area contributed by atoms with Crippen molar-refractivity contribution in [2.24, 2.45) is 0 Å². The zero-order chi connectivity index (χ0) is 18.4. The van der Waals surface area contributed by atoms with Crippen LogP contribution in [-0.2, 0) is 0 Å². The molecule has 1 fully saturated rings. The number of hydrogen-bond acceptors (Lipinski definition) is 3. The van der Waals surface area contributed by atoms with E-state index in [2.05, 4.69) is 31.0 Å². The molecule has 1 unspecified atom stereocenters. The highest BCUT2D eigenvalue weighted by Crippen LogP contribution is 2.37. The van der Waals surface area contributed by atoms with Crippen LogP contribution in [0, 0.1) is 0 Å². The van der Waals surface area contributed by atoms with Gasteiger partial charge in [0.2, 0.25) is 0 Å². The molecule has 1 aromatic carbocycles. The lowest BCUT2D eigenvalue weighted by atomic mass is 10.1. The maximum absolute atomic E-state index is 12.3. The molecule has 0 saturated carbocycles. The van der Waals surface area contributed by atoms with Crippen molar-refractivity contribution < 1.29 is 9.53 Å². The number of hydrogen-bond donors (Lipinski definition) is 1. The molecular weight excluding hydrogens is 350 g/mol. The summed E-state index contributed by atoms with van der Waals surface area (Å²) in [4.78, 5) is 14.7. The van der Waals surface area contributed by atoms with Gasteiger partial charge in [-0.3, -0.25) is 4.79 Å². The molecule has 1 saturated heterocycles. The van der Waals surface area contributed by atoms with Crippen molar-refractivity contribution >= 4 is 28.4 Å². The van der Waals surface area contributed by atoms with Crippen LogP contribution in [0.1, 0.15) is 50.1 Å². The Morgan fingerprint density at radius 1 is 1.27 bits per heavy atom. The van der Waals surface area contributed by atoms with Gasteiger partial charge in [-0.1, -0.05) is 11.6 Å². The number of piperidine rings is 1. The minimum Gasteiger partial charge on any atom is -0.490 e. The molecule has 5 nitrogen and oxygen atoms in total. The highest BCUT2D eigenvalue weighted by Gasteiger charge is 2.29. The summed E-state index contributed by atoms with van der Waals surface area (Å²) in [7, 11) is 0. The number of likely N-dealkylation sites (tertiary alicyclic amines) is 1. The number of carbonyl (C=O) groups is 1. The van der Waals surface area contributed by atoms with Crippen molar-refractivity contribution in [3.63, 3.8) is 0 Å². The van der Waals surface area contributed by atoms with Crippen molar-refractivity contribution in [1.29, 1.82) is 0 Å². The Labute approximate surface area is 159 Å². The van der Waals surface area contributed by atoms with Gasteiger partial charge in [-0.15, -0.1) is 0 Å². The summed E-state index contributed by atoms with van der Waals surface area (Å²) in [5, 5.41) is 4.31. The van der Waals surface area contributed by atoms with Crippen molar-refractivity contribution in [3.05, 3.63) is 28.9 Å². The Morgan fingerprint density at radius 2 is 2.00 bits per heavy atom. The summed E-state index contributed by atoms with van der Waals surface area (Å²) in [5.41, 5.74) is 1.55. The van der Waals surface area contributed by atoms with Crippen LogP contribution in [0.3, 0.4) is 0 Å². The van der Waals surface area contributed by atoms with Crippen LogP contribution in [0.4, 0.5) is 0 Å². The summed E-state index contributed by atoms with van der Waals surface area (Å²) in [6, 6.07) is 6.78. The molecule has 26 heavy (non-hydrogen) atoms. The van der Waals surface area contributed by atoms with Crippen molar-refractivity contribution in [3.8, 4) is 5.75 Å². The van der Waals surface area contributed by atoms with Gasteiger partial charge in [-0.25, -0.2) is 0 Å². The van der Waals surface area contributed by atoms with Crippen LogP contribution >= 0.6 is 11.6 Å². The number of rotatable bonds is 3. The predicted molar refractivity (Wildman–Crippen MR) is 104 cm³/mol. The first-order valence-corrected chi connectivity index (χ1v) is 9.86. The van der Waals surface area contributed by atoms with Crippen LogP contribution in [0.2, 0.25) is 5.02 Å². The molecule has 2 aliphatic heterocycles. The average Bonchev–Trinajstić information content (AvgIpc) is 2.92. The Kier molecular flexibility index (Phi) is 4.61. The molecule has 0 aliphatic carbocycles. The van der Waals surface area contributed by atoms with Gasteiger partial charge in [0.1, 0.15) is 17.5 Å². The van der Waals surface area contributed by atoms with Gasteiger partial charge in [0, 0.05) is 37.1 Å². The Bertz CT molecular complexity index is 837. The zero-order valence-electron chi connectivity index (χ0n) is 15.6. The van der Waals surface area contributed by atoms with Crippen molar-refractivity contribution in [2.75, 3.05) is 19.6 Å². The molecule has 0 radical (unpaired) electrons. The third kappa shape index (κ3) is 2.97. The van der Waals surface area contributed by atoms with Gasteiger partial charge in [0.15, 0.2) is 0 Å². The second-order valence-corrected chi connectivity index (χ2v) is 8.10. The van der Waals surface area contributed by atoms with Crippen LogP contribution < -0.4 is 10.1 Å². The minimum atomic E-state index is -0.104. The summed E-state index contributed by atoms with van der Waals surface area (Å²) in [5.74, 6) is 0.728. The fourth-order valence-corrected chi connectivity index (χ4v) is 4.44. The first-order valence-electron chi connectivity index (χ1n) is 9.48. The average molecular weight is 376 g/mol. The lowest BCUT2D eigenvalue weighted by molar-refractivity contribution is 0.0844. The van der Waals surface area contributed by atoms with Gasteiger partial charge in [-0.05, 0) is 51.8 Å². The molecule has 4 rings (SSSR count). The van der Waals surface area contributed by atoms with Crippen LogP contribution in [0.5, 0.6) is 5.75 Å². The standard InChI is InChI=1S/C20H26ClN3O2/c1-12(2)23-8-6-14(7-9-23)26-15-4-5-17-16(10-15)18(21)19-20(25)22-11-13(3)24(17)19/h4-5,10,12-14H,6-9,11H2,1-3H3,(H,22,25). The number of nitrogens with one attached hydrogen (secondary N) is 1. The highest BCUT2D eigenvalue weighted by atomic mass is 35.5. The second-order valence-electron chi connectivity index (χ2n) is 7.72. The van der Waals surface area contributed by atoms with Gasteiger partial charge in [-0.2, -0.15) is 0 Å². The smallest absolute Gasteiger partial charge is 0.269 e. The van der Waals surface area contributed by atoms with Crippen LogP contribution in [-0.4, -0.2) is 47.2 Å². The lowest BCUT2D eigenvalue weighted by Crippen LogP contribution is -2.41. The fourth-order valence-electron chi connectivity index (χ4n) is 4.11. The van der Waals surface area contributed by atoms with Crippen molar-refractivity contribution in [1.82, 2.24) is 14.8 Å². The van der Waals surface area contributed by atoms with E-state index >= 15 is 0 Å². The number of nitrogens with zero attached hydrogens (tertiary/aromatic N) is 2. The van der Waals surface area contributed by atoms with Gasteiger partial charge in [0.25, 0.3) is 5.91 Å². The molecule has 1 atom stereocenters. The first kappa shape index (κ1) is 17.7. The first-order chi connectivity index (χ1) is 12.5. The molecule has 3 heterocycles. The van der Waals surface area contributed by atoms with E-state index in [4.69, 9.17) is 16.3 Å². The SMILES string of the molecule is CC(C)N1CCC(Oc2ccc3c(c2)c(Cl)c2n3C(C)CNC2=O)CC1. The van der Waals surface area contributed by atoms with Crippen LogP contribution in [0.15, 0.2) is 18.2 Å². The summed E-state index contributed by atoms with van der Waals surface area (Å²) < 4.78 is 8.28. The summed E-state index contributed by atoms with van der Waals surface area (Å²) >= 11 is 6.56. The zero-order valence-corrected chi connectivity index (χ0v) is 16.3. The third-order valence-corrected chi connectivity index (χ3v) is 6.02. The summed E-state index contributed by atoms with van der Waals surface area (Å²) in [6.07, 6.45) is 2.31. The fraction of sp³-hybridized carbons (Fsp3) is 0.550. The number of ether oxygens (including phenoxy) is 1. The summed E-state index contributed by atoms with van der Waals surface area (Å²) in [6.45, 7) is 9.34. The highest BCUT2D eigenvalue weighted by molar-refractivity contribution is 6.39. The Hall–Kier alpha value is -1.72. The number of halogens is 1. The topological polar surface area (TPSA) is 46.5 Å². The monoisotopic (exact) mass is 375 g/mol. The van der Waals surface area contributed by atoms with Crippen molar-refractivity contribution in [2.45, 2.75) is 51.8 Å². The molecule has 1 aromatic heterocycles. The molecule has 6 heteroatoms. The number of fused-ring (bicyclic) bond motifs is 3. The van der Waals surface area contributed by atoms with Gasteiger partial charge in [0.05, 0.1) is 10.5 Å². The Morgan fingerprint density at radius 3 is 2.69 bits per heavy atom. The number of carbonyl (C=O) groups excluding carboxylic acids is 1. The second kappa shape index (κ2) is 6.78. The van der Waals surface area contributed by atoms with E-state index in [0.717, 1.165) is 42.6 Å². The third-order valence-electron chi connectivity index (χ3n) is 5.64. The maximum atomic E-state index is 12.3. The van der Waals surface area contributed by atoms with E-state index in [1.54, 1.807) is 0 Å².